The minimum Gasteiger partial charge on any atom is -0.452 e. The van der Waals surface area contributed by atoms with E-state index in [1.165, 1.54) is 11.8 Å². The van der Waals surface area contributed by atoms with E-state index in [9.17, 15) is 9.59 Å². The molecule has 2 rings (SSSR count). The third kappa shape index (κ3) is 6.99. The lowest BCUT2D eigenvalue weighted by Crippen LogP contribution is -2.31. The molecule has 144 valence electrons. The molecule has 8 heteroatoms. The van der Waals surface area contributed by atoms with Gasteiger partial charge >= 0.3 is 5.97 Å². The molecule has 0 saturated heterocycles. The van der Waals surface area contributed by atoms with E-state index in [0.29, 0.717) is 29.6 Å². The van der Waals surface area contributed by atoms with Crippen molar-refractivity contribution >= 4 is 23.6 Å². The highest BCUT2D eigenvalue weighted by Gasteiger charge is 2.15. The molecule has 27 heavy (non-hydrogen) atoms. The predicted octanol–water partition coefficient (Wildman–Crippen LogP) is 2.31. The number of benzene rings is 1. The van der Waals surface area contributed by atoms with Crippen LogP contribution in [0.15, 0.2) is 35.5 Å². The number of carbonyl (C=O) groups excluding carboxylic acids is 2. The van der Waals surface area contributed by atoms with Crippen LogP contribution in [0.1, 0.15) is 27.3 Å². The average Bonchev–Trinajstić information content (AvgIpc) is 2.64. The molecule has 0 aliphatic heterocycles. The number of ether oxygens (including phenoxy) is 2. The number of nitrogens with zero attached hydrogens (tertiary/aromatic N) is 2. The lowest BCUT2D eigenvalue weighted by molar-refractivity contribution is -0.124. The van der Waals surface area contributed by atoms with E-state index in [2.05, 4.69) is 15.3 Å². The number of esters is 1. The zero-order valence-corrected chi connectivity index (χ0v) is 16.5. The SMILES string of the molecule is COCCNC(=O)COC(=O)c1ccccc1CSc1nc(C)cc(C)n1. The fourth-order valence-electron chi connectivity index (χ4n) is 2.30. The van der Waals surface area contributed by atoms with Crippen molar-refractivity contribution in [1.82, 2.24) is 15.3 Å². The topological polar surface area (TPSA) is 90.4 Å². The molecular weight excluding hydrogens is 366 g/mol. The second-order valence-corrected chi connectivity index (χ2v) is 6.74. The normalized spacial score (nSPS) is 10.5. The van der Waals surface area contributed by atoms with E-state index in [0.717, 1.165) is 17.0 Å². The molecule has 0 radical (unpaired) electrons. The van der Waals surface area contributed by atoms with E-state index >= 15 is 0 Å². The van der Waals surface area contributed by atoms with Crippen molar-refractivity contribution in [2.45, 2.75) is 24.8 Å². The Labute approximate surface area is 162 Å². The number of hydrogen-bond acceptors (Lipinski definition) is 7. The van der Waals surface area contributed by atoms with Gasteiger partial charge in [-0.1, -0.05) is 30.0 Å². The lowest BCUT2D eigenvalue weighted by atomic mass is 10.1. The van der Waals surface area contributed by atoms with Crippen molar-refractivity contribution in [3.63, 3.8) is 0 Å². The Morgan fingerprint density at radius 2 is 1.85 bits per heavy atom. The number of methoxy groups -OCH3 is 1. The zero-order chi connectivity index (χ0) is 19.6. The van der Waals surface area contributed by atoms with Crippen LogP contribution in [0.5, 0.6) is 0 Å². The second kappa shape index (κ2) is 10.6. The van der Waals surface area contributed by atoms with Crippen LogP contribution in [-0.4, -0.2) is 48.7 Å². The quantitative estimate of drug-likeness (QED) is 0.305. The van der Waals surface area contributed by atoms with Crippen LogP contribution in [-0.2, 0) is 20.0 Å². The number of carbonyl (C=O) groups is 2. The molecule has 1 N–H and O–H groups in total. The van der Waals surface area contributed by atoms with Crippen LogP contribution in [0, 0.1) is 13.8 Å². The summed E-state index contributed by atoms with van der Waals surface area (Å²) >= 11 is 1.45. The van der Waals surface area contributed by atoms with Gasteiger partial charge in [0.15, 0.2) is 11.8 Å². The Morgan fingerprint density at radius 1 is 1.15 bits per heavy atom. The first-order chi connectivity index (χ1) is 13.0. The van der Waals surface area contributed by atoms with Gasteiger partial charge < -0.3 is 14.8 Å². The first-order valence-electron chi connectivity index (χ1n) is 8.45. The number of amides is 1. The largest absolute Gasteiger partial charge is 0.452 e. The molecule has 0 bridgehead atoms. The van der Waals surface area contributed by atoms with Gasteiger partial charge in [0.25, 0.3) is 5.91 Å². The molecule has 0 saturated carbocycles. The summed E-state index contributed by atoms with van der Waals surface area (Å²) in [6, 6.07) is 9.06. The van der Waals surface area contributed by atoms with Crippen molar-refractivity contribution in [2.75, 3.05) is 26.9 Å². The summed E-state index contributed by atoms with van der Waals surface area (Å²) < 4.78 is 9.97. The first kappa shape index (κ1) is 20.9. The Morgan fingerprint density at radius 3 is 2.56 bits per heavy atom. The molecule has 1 amide bonds. The fraction of sp³-hybridized carbons (Fsp3) is 0.368. The molecule has 7 nitrogen and oxygen atoms in total. The van der Waals surface area contributed by atoms with Gasteiger partial charge in [-0.2, -0.15) is 0 Å². The number of aryl methyl sites for hydroxylation is 2. The molecule has 0 fully saturated rings. The minimum atomic E-state index is -0.533. The highest BCUT2D eigenvalue weighted by atomic mass is 32.2. The molecular formula is C19H23N3O4S. The van der Waals surface area contributed by atoms with Gasteiger partial charge in [-0.25, -0.2) is 14.8 Å². The van der Waals surface area contributed by atoms with E-state index in [1.54, 1.807) is 19.2 Å². The molecule has 2 aromatic rings. The lowest BCUT2D eigenvalue weighted by Gasteiger charge is -2.10. The molecule has 0 atom stereocenters. The maximum absolute atomic E-state index is 12.4. The highest BCUT2D eigenvalue weighted by Crippen LogP contribution is 2.22. The molecule has 1 heterocycles. The standard InChI is InChI=1S/C19H23N3O4S/c1-13-10-14(2)22-19(21-13)27-12-15-6-4-5-7-16(15)18(24)26-11-17(23)20-8-9-25-3/h4-7,10H,8-9,11-12H2,1-3H3,(H,20,23). The fourth-order valence-corrected chi connectivity index (χ4v) is 3.25. The van der Waals surface area contributed by atoms with Crippen LogP contribution in [0.25, 0.3) is 0 Å². The summed E-state index contributed by atoms with van der Waals surface area (Å²) in [5, 5.41) is 3.26. The molecule has 0 unspecified atom stereocenters. The van der Waals surface area contributed by atoms with E-state index in [1.807, 2.05) is 32.0 Å². The Bertz CT molecular complexity index is 778. The van der Waals surface area contributed by atoms with E-state index in [-0.39, 0.29) is 12.5 Å². The first-order valence-corrected chi connectivity index (χ1v) is 9.44. The van der Waals surface area contributed by atoms with E-state index in [4.69, 9.17) is 9.47 Å². The molecule has 1 aromatic carbocycles. The summed E-state index contributed by atoms with van der Waals surface area (Å²) in [4.78, 5) is 32.8. The minimum absolute atomic E-state index is 0.329. The number of thioether (sulfide) groups is 1. The number of aromatic nitrogens is 2. The molecule has 0 spiro atoms. The summed E-state index contributed by atoms with van der Waals surface area (Å²) in [7, 11) is 1.55. The van der Waals surface area contributed by atoms with Crippen molar-refractivity contribution in [1.29, 1.82) is 0 Å². The highest BCUT2D eigenvalue weighted by molar-refractivity contribution is 7.98. The van der Waals surface area contributed by atoms with Gasteiger partial charge in [-0.15, -0.1) is 0 Å². The van der Waals surface area contributed by atoms with Crippen molar-refractivity contribution in [3.05, 3.63) is 52.8 Å². The third-order valence-corrected chi connectivity index (χ3v) is 4.41. The predicted molar refractivity (Wildman–Crippen MR) is 103 cm³/mol. The molecule has 1 aromatic heterocycles. The zero-order valence-electron chi connectivity index (χ0n) is 15.7. The third-order valence-electron chi connectivity index (χ3n) is 3.52. The van der Waals surface area contributed by atoms with Gasteiger partial charge in [0, 0.05) is 30.8 Å². The molecule has 0 aliphatic rings. The Balaban J connectivity index is 1.95. The van der Waals surface area contributed by atoms with Crippen molar-refractivity contribution in [3.8, 4) is 0 Å². The van der Waals surface area contributed by atoms with Gasteiger partial charge in [0.2, 0.25) is 0 Å². The van der Waals surface area contributed by atoms with Gasteiger partial charge in [0.05, 0.1) is 12.2 Å². The van der Waals surface area contributed by atoms with Crippen LogP contribution in [0.4, 0.5) is 0 Å². The van der Waals surface area contributed by atoms with Gasteiger partial charge in [-0.05, 0) is 31.5 Å². The van der Waals surface area contributed by atoms with Crippen LogP contribution < -0.4 is 5.32 Å². The number of rotatable bonds is 9. The Hall–Kier alpha value is -2.45. The summed E-state index contributed by atoms with van der Waals surface area (Å²) in [5.74, 6) is -0.376. The maximum atomic E-state index is 12.4. The summed E-state index contributed by atoms with van der Waals surface area (Å²) in [6.07, 6.45) is 0. The van der Waals surface area contributed by atoms with Crippen molar-refractivity contribution in [2.24, 2.45) is 0 Å². The van der Waals surface area contributed by atoms with E-state index < -0.39 is 5.97 Å². The maximum Gasteiger partial charge on any atom is 0.338 e. The van der Waals surface area contributed by atoms with Crippen LogP contribution in [0.2, 0.25) is 0 Å². The number of hydrogen-bond donors (Lipinski definition) is 1. The van der Waals surface area contributed by atoms with Gasteiger partial charge in [0.1, 0.15) is 0 Å². The van der Waals surface area contributed by atoms with Crippen LogP contribution >= 0.6 is 11.8 Å². The average molecular weight is 389 g/mol. The summed E-state index contributed by atoms with van der Waals surface area (Å²) in [5.41, 5.74) is 3.03. The summed E-state index contributed by atoms with van der Waals surface area (Å²) in [6.45, 7) is 4.28. The van der Waals surface area contributed by atoms with Gasteiger partial charge in [-0.3, -0.25) is 4.79 Å². The monoisotopic (exact) mass is 389 g/mol. The second-order valence-electron chi connectivity index (χ2n) is 5.80. The van der Waals surface area contributed by atoms with Crippen LogP contribution in [0.3, 0.4) is 0 Å². The Kier molecular flexibility index (Phi) is 8.22. The molecule has 0 aliphatic carbocycles. The van der Waals surface area contributed by atoms with Crippen molar-refractivity contribution < 1.29 is 19.1 Å². The smallest absolute Gasteiger partial charge is 0.338 e. The number of nitrogens with one attached hydrogen (secondary N) is 1.